The molecular weight excluding hydrogens is 308 g/mol. The SMILES string of the molecule is CC(C)(C)OC(=O)NCCc1ccccc1-c1nnn(CC#N)n1. The first kappa shape index (κ1) is 17.4. The van der Waals surface area contributed by atoms with E-state index in [0.717, 1.165) is 11.1 Å². The number of ether oxygens (including phenoxy) is 1. The van der Waals surface area contributed by atoms with E-state index in [1.54, 1.807) is 0 Å². The summed E-state index contributed by atoms with van der Waals surface area (Å²) < 4.78 is 5.20. The van der Waals surface area contributed by atoms with Gasteiger partial charge in [0.15, 0.2) is 0 Å². The number of hydrogen-bond donors (Lipinski definition) is 1. The van der Waals surface area contributed by atoms with Crippen LogP contribution in [0.4, 0.5) is 4.79 Å². The van der Waals surface area contributed by atoms with Crippen LogP contribution in [0.15, 0.2) is 24.3 Å². The van der Waals surface area contributed by atoms with Gasteiger partial charge in [-0.2, -0.15) is 5.26 Å². The lowest BCUT2D eigenvalue weighted by Crippen LogP contribution is -2.33. The normalized spacial score (nSPS) is 10.9. The number of hydrogen-bond acceptors (Lipinski definition) is 6. The van der Waals surface area contributed by atoms with Crippen molar-refractivity contribution in [2.24, 2.45) is 0 Å². The van der Waals surface area contributed by atoms with Crippen LogP contribution in [0.2, 0.25) is 0 Å². The third kappa shape index (κ3) is 5.05. The number of aromatic nitrogens is 4. The molecular formula is C16H20N6O2. The largest absolute Gasteiger partial charge is 0.444 e. The monoisotopic (exact) mass is 328 g/mol. The number of rotatable bonds is 5. The summed E-state index contributed by atoms with van der Waals surface area (Å²) in [5, 5.41) is 23.4. The van der Waals surface area contributed by atoms with E-state index in [1.165, 1.54) is 4.80 Å². The summed E-state index contributed by atoms with van der Waals surface area (Å²) in [4.78, 5) is 12.9. The van der Waals surface area contributed by atoms with Crippen LogP contribution in [0.25, 0.3) is 11.4 Å². The van der Waals surface area contributed by atoms with Crippen molar-refractivity contribution in [3.8, 4) is 17.5 Å². The van der Waals surface area contributed by atoms with E-state index < -0.39 is 11.7 Å². The van der Waals surface area contributed by atoms with Crippen LogP contribution in [0, 0.1) is 11.3 Å². The number of carbonyl (C=O) groups is 1. The molecule has 1 aromatic heterocycles. The molecule has 24 heavy (non-hydrogen) atoms. The molecule has 0 bridgehead atoms. The fraction of sp³-hybridized carbons (Fsp3) is 0.438. The first-order chi connectivity index (χ1) is 11.4. The number of carbonyl (C=O) groups excluding carboxylic acids is 1. The minimum absolute atomic E-state index is 0.0510. The maximum Gasteiger partial charge on any atom is 0.407 e. The lowest BCUT2D eigenvalue weighted by Gasteiger charge is -2.19. The van der Waals surface area contributed by atoms with Crippen LogP contribution in [0.1, 0.15) is 26.3 Å². The Morgan fingerprint density at radius 3 is 2.83 bits per heavy atom. The standard InChI is InChI=1S/C16H20N6O2/c1-16(2,3)24-15(23)18-10-8-12-6-4-5-7-13(12)14-19-21-22(20-14)11-9-17/h4-7H,8,10-11H2,1-3H3,(H,18,23). The van der Waals surface area contributed by atoms with Crippen LogP contribution in [0.5, 0.6) is 0 Å². The van der Waals surface area contributed by atoms with Gasteiger partial charge in [0.1, 0.15) is 12.1 Å². The number of tetrazole rings is 1. The molecule has 1 aromatic carbocycles. The third-order valence-electron chi connectivity index (χ3n) is 2.99. The van der Waals surface area contributed by atoms with Crippen LogP contribution in [-0.2, 0) is 17.7 Å². The average molecular weight is 328 g/mol. The Balaban J connectivity index is 2.01. The molecule has 1 amide bonds. The van der Waals surface area contributed by atoms with Gasteiger partial charge < -0.3 is 10.1 Å². The molecule has 0 atom stereocenters. The molecule has 0 unspecified atom stereocenters. The van der Waals surface area contributed by atoms with Crippen molar-refractivity contribution < 1.29 is 9.53 Å². The predicted molar refractivity (Wildman–Crippen MR) is 86.8 cm³/mol. The van der Waals surface area contributed by atoms with Crippen molar-refractivity contribution in [3.05, 3.63) is 29.8 Å². The Morgan fingerprint density at radius 1 is 1.38 bits per heavy atom. The number of nitrogens with zero attached hydrogens (tertiary/aromatic N) is 5. The topological polar surface area (TPSA) is 106 Å². The van der Waals surface area contributed by atoms with E-state index >= 15 is 0 Å². The van der Waals surface area contributed by atoms with E-state index in [-0.39, 0.29) is 6.54 Å². The molecule has 2 aromatic rings. The first-order valence-corrected chi connectivity index (χ1v) is 7.59. The Bertz CT molecular complexity index is 742. The average Bonchev–Trinajstić information content (AvgIpc) is 2.95. The maximum absolute atomic E-state index is 11.7. The molecule has 8 heteroatoms. The lowest BCUT2D eigenvalue weighted by molar-refractivity contribution is 0.0528. The van der Waals surface area contributed by atoms with Gasteiger partial charge in [-0.1, -0.05) is 24.3 Å². The Labute approximate surface area is 140 Å². The van der Waals surface area contributed by atoms with Crippen molar-refractivity contribution in [3.63, 3.8) is 0 Å². The summed E-state index contributed by atoms with van der Waals surface area (Å²) in [5.74, 6) is 0.457. The molecule has 1 N–H and O–H groups in total. The summed E-state index contributed by atoms with van der Waals surface area (Å²) in [5.41, 5.74) is 1.28. The van der Waals surface area contributed by atoms with Gasteiger partial charge in [-0.15, -0.1) is 15.0 Å². The lowest BCUT2D eigenvalue weighted by atomic mass is 10.0. The van der Waals surface area contributed by atoms with Crippen molar-refractivity contribution in [2.75, 3.05) is 6.54 Å². The fourth-order valence-corrected chi connectivity index (χ4v) is 2.05. The molecule has 126 valence electrons. The number of amides is 1. The second-order valence-corrected chi connectivity index (χ2v) is 6.14. The molecule has 0 saturated carbocycles. The van der Waals surface area contributed by atoms with Gasteiger partial charge in [-0.3, -0.25) is 0 Å². The molecule has 0 radical (unpaired) electrons. The highest BCUT2D eigenvalue weighted by atomic mass is 16.6. The molecule has 1 heterocycles. The number of benzene rings is 1. The van der Waals surface area contributed by atoms with Crippen molar-refractivity contribution in [2.45, 2.75) is 39.3 Å². The first-order valence-electron chi connectivity index (χ1n) is 7.59. The van der Waals surface area contributed by atoms with E-state index in [1.807, 2.05) is 51.1 Å². The summed E-state index contributed by atoms with van der Waals surface area (Å²) in [6, 6.07) is 9.58. The predicted octanol–water partition coefficient (Wildman–Crippen LogP) is 1.93. The molecule has 0 fully saturated rings. The van der Waals surface area contributed by atoms with E-state index in [9.17, 15) is 4.79 Å². The molecule has 0 aliphatic heterocycles. The minimum Gasteiger partial charge on any atom is -0.444 e. The third-order valence-corrected chi connectivity index (χ3v) is 2.99. The van der Waals surface area contributed by atoms with Gasteiger partial charge in [-0.05, 0) is 38.0 Å². The maximum atomic E-state index is 11.7. The highest BCUT2D eigenvalue weighted by molar-refractivity contribution is 5.67. The molecule has 0 saturated heterocycles. The van der Waals surface area contributed by atoms with Crippen molar-refractivity contribution in [1.29, 1.82) is 5.26 Å². The highest BCUT2D eigenvalue weighted by Gasteiger charge is 2.16. The van der Waals surface area contributed by atoms with Gasteiger partial charge in [0.25, 0.3) is 0 Å². The minimum atomic E-state index is -0.523. The van der Waals surface area contributed by atoms with Gasteiger partial charge in [0, 0.05) is 12.1 Å². The Kier molecular flexibility index (Phi) is 5.47. The molecule has 8 nitrogen and oxygen atoms in total. The summed E-state index contributed by atoms with van der Waals surface area (Å²) in [6.07, 6.45) is 0.153. The van der Waals surface area contributed by atoms with Gasteiger partial charge >= 0.3 is 6.09 Å². The smallest absolute Gasteiger partial charge is 0.407 e. The second-order valence-electron chi connectivity index (χ2n) is 6.14. The van der Waals surface area contributed by atoms with Gasteiger partial charge in [-0.25, -0.2) is 4.79 Å². The zero-order valence-corrected chi connectivity index (χ0v) is 14.0. The van der Waals surface area contributed by atoms with E-state index in [4.69, 9.17) is 10.00 Å². The molecule has 0 spiro atoms. The fourth-order valence-electron chi connectivity index (χ4n) is 2.05. The van der Waals surface area contributed by atoms with Crippen LogP contribution >= 0.6 is 0 Å². The number of nitrogens with one attached hydrogen (secondary N) is 1. The van der Waals surface area contributed by atoms with Crippen LogP contribution in [-0.4, -0.2) is 38.4 Å². The number of alkyl carbamates (subject to hydrolysis) is 1. The zero-order chi connectivity index (χ0) is 17.6. The number of nitriles is 1. The quantitative estimate of drug-likeness (QED) is 0.899. The van der Waals surface area contributed by atoms with Gasteiger partial charge in [0.05, 0.1) is 6.07 Å². The van der Waals surface area contributed by atoms with E-state index in [2.05, 4.69) is 20.7 Å². The molecule has 0 aliphatic carbocycles. The van der Waals surface area contributed by atoms with Crippen molar-refractivity contribution in [1.82, 2.24) is 25.5 Å². The van der Waals surface area contributed by atoms with Crippen molar-refractivity contribution >= 4 is 6.09 Å². The van der Waals surface area contributed by atoms with E-state index in [0.29, 0.717) is 18.8 Å². The summed E-state index contributed by atoms with van der Waals surface area (Å²) in [6.45, 7) is 5.93. The molecule has 0 aliphatic rings. The highest BCUT2D eigenvalue weighted by Crippen LogP contribution is 2.19. The van der Waals surface area contributed by atoms with Crippen LogP contribution < -0.4 is 5.32 Å². The molecule has 2 rings (SSSR count). The summed E-state index contributed by atoms with van der Waals surface area (Å²) in [7, 11) is 0. The summed E-state index contributed by atoms with van der Waals surface area (Å²) >= 11 is 0. The second kappa shape index (κ2) is 7.55. The Morgan fingerprint density at radius 2 is 2.12 bits per heavy atom. The Hall–Kier alpha value is -2.95. The van der Waals surface area contributed by atoms with Gasteiger partial charge in [0.2, 0.25) is 5.82 Å². The zero-order valence-electron chi connectivity index (χ0n) is 14.0. The van der Waals surface area contributed by atoms with Crippen LogP contribution in [0.3, 0.4) is 0 Å².